The number of aromatic nitrogens is 2. The number of carbonyl (C=O) groups is 2. The molecule has 2 N–H and O–H groups in total. The van der Waals surface area contributed by atoms with Crippen molar-refractivity contribution in [1.29, 1.82) is 0 Å². The maximum Gasteiger partial charge on any atom is 0.254 e. The lowest BCUT2D eigenvalue weighted by atomic mass is 10.1. The number of nitrogens with zero attached hydrogens (tertiary/aromatic N) is 3. The third kappa shape index (κ3) is 4.36. The molecule has 34 heavy (non-hydrogen) atoms. The van der Waals surface area contributed by atoms with Gasteiger partial charge in [-0.25, -0.2) is 4.39 Å². The zero-order valence-corrected chi connectivity index (χ0v) is 18.5. The van der Waals surface area contributed by atoms with Crippen molar-refractivity contribution >= 4 is 11.8 Å². The summed E-state index contributed by atoms with van der Waals surface area (Å²) in [5.74, 6) is 0.466. The van der Waals surface area contributed by atoms with Crippen LogP contribution in [0.25, 0.3) is 11.5 Å². The van der Waals surface area contributed by atoms with Gasteiger partial charge in [-0.15, -0.1) is 10.2 Å². The molecule has 2 amide bonds. The van der Waals surface area contributed by atoms with Gasteiger partial charge >= 0.3 is 0 Å². The molecule has 9 nitrogen and oxygen atoms in total. The summed E-state index contributed by atoms with van der Waals surface area (Å²) in [5, 5.41) is 14.1. The standard InChI is InChI=1S/C24H24FN5O4/c1-33-17-8-6-14(7-9-17)24-29-28-21(34-24)11-16-12-26-23(32)20-10-15(13-30(16)20)27-22(31)18-4-2-3-5-19(18)25/h2-9,15-16,20H,10-13H2,1H3,(H,26,32)(H,27,31)/t15-,16+,20-/m0/s1. The molecule has 2 aliphatic heterocycles. The number of carbonyl (C=O) groups excluding carboxylic acids is 2. The third-order valence-corrected chi connectivity index (χ3v) is 6.29. The average molecular weight is 465 g/mol. The lowest BCUT2D eigenvalue weighted by Crippen LogP contribution is -2.58. The van der Waals surface area contributed by atoms with Crippen molar-refractivity contribution in [2.75, 3.05) is 20.2 Å². The predicted molar refractivity (Wildman–Crippen MR) is 120 cm³/mol. The minimum absolute atomic E-state index is 0.00899. The van der Waals surface area contributed by atoms with Gasteiger partial charge in [0.05, 0.1) is 18.7 Å². The van der Waals surface area contributed by atoms with Crippen molar-refractivity contribution in [2.45, 2.75) is 31.0 Å². The maximum absolute atomic E-state index is 14.0. The minimum Gasteiger partial charge on any atom is -0.497 e. The van der Waals surface area contributed by atoms with E-state index in [1.54, 1.807) is 13.2 Å². The summed E-state index contributed by atoms with van der Waals surface area (Å²) in [6.45, 7) is 0.909. The van der Waals surface area contributed by atoms with Crippen LogP contribution in [-0.4, -0.2) is 65.2 Å². The fourth-order valence-electron chi connectivity index (χ4n) is 4.57. The summed E-state index contributed by atoms with van der Waals surface area (Å²) in [5.41, 5.74) is 0.775. The minimum atomic E-state index is -0.574. The van der Waals surface area contributed by atoms with E-state index in [0.29, 0.717) is 37.7 Å². The highest BCUT2D eigenvalue weighted by atomic mass is 19.1. The lowest BCUT2D eigenvalue weighted by Gasteiger charge is -2.36. The third-order valence-electron chi connectivity index (χ3n) is 6.29. The normalized spacial score (nSPS) is 22.2. The van der Waals surface area contributed by atoms with Crippen molar-refractivity contribution in [2.24, 2.45) is 0 Å². The summed E-state index contributed by atoms with van der Waals surface area (Å²) >= 11 is 0. The van der Waals surface area contributed by atoms with Gasteiger partial charge in [0.2, 0.25) is 17.7 Å². The van der Waals surface area contributed by atoms with E-state index >= 15 is 0 Å². The van der Waals surface area contributed by atoms with Crippen LogP contribution < -0.4 is 15.4 Å². The SMILES string of the molecule is COc1ccc(-c2nnc(C[C@@H]3CNC(=O)[C@@H]4C[C@H](NC(=O)c5ccccc5F)CN34)o2)cc1. The molecule has 0 unspecified atom stereocenters. The lowest BCUT2D eigenvalue weighted by molar-refractivity contribution is -0.129. The molecule has 2 fully saturated rings. The first kappa shape index (κ1) is 22.0. The van der Waals surface area contributed by atoms with Gasteiger partial charge in [0.15, 0.2) is 0 Å². The van der Waals surface area contributed by atoms with Gasteiger partial charge in [0.25, 0.3) is 5.91 Å². The number of rotatable bonds is 6. The number of ether oxygens (including phenoxy) is 1. The summed E-state index contributed by atoms with van der Waals surface area (Å²) < 4.78 is 25.0. The number of benzene rings is 2. The molecule has 2 saturated heterocycles. The molecule has 0 radical (unpaired) electrons. The van der Waals surface area contributed by atoms with Crippen LogP contribution in [0.2, 0.25) is 0 Å². The molecular weight excluding hydrogens is 441 g/mol. The number of methoxy groups -OCH3 is 1. The van der Waals surface area contributed by atoms with E-state index in [-0.39, 0.29) is 29.6 Å². The number of hydrogen-bond donors (Lipinski definition) is 2. The Morgan fingerprint density at radius 2 is 2.03 bits per heavy atom. The molecular formula is C24H24FN5O4. The van der Waals surface area contributed by atoms with Gasteiger partial charge in [0.1, 0.15) is 11.6 Å². The van der Waals surface area contributed by atoms with Crippen LogP contribution in [0.1, 0.15) is 22.7 Å². The number of nitrogens with one attached hydrogen (secondary N) is 2. The molecule has 1 aromatic heterocycles. The second kappa shape index (κ2) is 9.22. The number of hydrogen-bond acceptors (Lipinski definition) is 7. The summed E-state index contributed by atoms with van der Waals surface area (Å²) in [7, 11) is 1.60. The number of fused-ring (bicyclic) bond motifs is 1. The number of halogens is 1. The maximum atomic E-state index is 14.0. The molecule has 3 aromatic rings. The van der Waals surface area contributed by atoms with E-state index in [0.717, 1.165) is 11.3 Å². The zero-order chi connectivity index (χ0) is 23.7. The highest BCUT2D eigenvalue weighted by Crippen LogP contribution is 2.27. The molecule has 0 bridgehead atoms. The highest BCUT2D eigenvalue weighted by molar-refractivity contribution is 5.94. The van der Waals surface area contributed by atoms with Crippen molar-refractivity contribution in [3.63, 3.8) is 0 Å². The Labute approximate surface area is 195 Å². The van der Waals surface area contributed by atoms with E-state index in [2.05, 4.69) is 25.7 Å². The van der Waals surface area contributed by atoms with Crippen molar-refractivity contribution in [1.82, 2.24) is 25.7 Å². The summed E-state index contributed by atoms with van der Waals surface area (Å²) in [6.07, 6.45) is 0.900. The second-order valence-corrected chi connectivity index (χ2v) is 8.43. The average Bonchev–Trinajstić information content (AvgIpc) is 3.49. The fraction of sp³-hybridized carbons (Fsp3) is 0.333. The topological polar surface area (TPSA) is 110 Å². The Kier molecular flexibility index (Phi) is 5.97. The molecule has 2 aromatic carbocycles. The predicted octanol–water partition coefficient (Wildman–Crippen LogP) is 1.80. The number of piperazine rings is 1. The van der Waals surface area contributed by atoms with Crippen LogP contribution in [0.4, 0.5) is 4.39 Å². The molecule has 10 heteroatoms. The molecule has 5 rings (SSSR count). The van der Waals surface area contributed by atoms with Crippen molar-refractivity contribution < 1.29 is 23.1 Å². The highest BCUT2D eigenvalue weighted by Gasteiger charge is 2.44. The summed E-state index contributed by atoms with van der Waals surface area (Å²) in [6, 6.07) is 12.4. The van der Waals surface area contributed by atoms with Gasteiger partial charge in [-0.05, 0) is 42.8 Å². The molecule has 176 valence electrons. The molecule has 3 heterocycles. The van der Waals surface area contributed by atoms with Crippen LogP contribution in [-0.2, 0) is 11.2 Å². The van der Waals surface area contributed by atoms with Crippen LogP contribution in [0.15, 0.2) is 52.9 Å². The van der Waals surface area contributed by atoms with Crippen molar-refractivity contribution in [3.8, 4) is 17.2 Å². The van der Waals surface area contributed by atoms with Gasteiger partial charge in [-0.2, -0.15) is 0 Å². The van der Waals surface area contributed by atoms with E-state index in [1.807, 2.05) is 24.3 Å². The Morgan fingerprint density at radius 1 is 1.24 bits per heavy atom. The van der Waals surface area contributed by atoms with E-state index < -0.39 is 11.7 Å². The van der Waals surface area contributed by atoms with Crippen LogP contribution in [0.5, 0.6) is 5.75 Å². The fourth-order valence-corrected chi connectivity index (χ4v) is 4.57. The van der Waals surface area contributed by atoms with Crippen molar-refractivity contribution in [3.05, 3.63) is 65.8 Å². The first-order valence-electron chi connectivity index (χ1n) is 11.1. The second-order valence-electron chi connectivity index (χ2n) is 8.43. The van der Waals surface area contributed by atoms with Crippen LogP contribution >= 0.6 is 0 Å². The molecule has 0 aliphatic carbocycles. The van der Waals surface area contributed by atoms with Gasteiger partial charge < -0.3 is 19.8 Å². The zero-order valence-electron chi connectivity index (χ0n) is 18.5. The van der Waals surface area contributed by atoms with Crippen LogP contribution in [0.3, 0.4) is 0 Å². The monoisotopic (exact) mass is 465 g/mol. The number of amides is 2. The molecule has 3 atom stereocenters. The quantitative estimate of drug-likeness (QED) is 0.571. The molecule has 2 aliphatic rings. The first-order chi connectivity index (χ1) is 16.5. The van der Waals surface area contributed by atoms with Crippen LogP contribution in [0, 0.1) is 5.82 Å². The van der Waals surface area contributed by atoms with Gasteiger partial charge in [-0.1, -0.05) is 12.1 Å². The smallest absolute Gasteiger partial charge is 0.254 e. The largest absolute Gasteiger partial charge is 0.497 e. The first-order valence-corrected chi connectivity index (χ1v) is 11.1. The molecule has 0 saturated carbocycles. The Morgan fingerprint density at radius 3 is 2.79 bits per heavy atom. The van der Waals surface area contributed by atoms with Gasteiger partial charge in [-0.3, -0.25) is 14.5 Å². The Balaban J connectivity index is 1.26. The molecule has 0 spiro atoms. The van der Waals surface area contributed by atoms with E-state index in [1.165, 1.54) is 18.2 Å². The van der Waals surface area contributed by atoms with E-state index in [4.69, 9.17) is 9.15 Å². The Hall–Kier alpha value is -3.79. The Bertz CT molecular complexity index is 1200. The summed E-state index contributed by atoms with van der Waals surface area (Å²) in [4.78, 5) is 27.1. The van der Waals surface area contributed by atoms with E-state index in [9.17, 15) is 14.0 Å². The van der Waals surface area contributed by atoms with Gasteiger partial charge in [0, 0.05) is 37.2 Å².